The minimum Gasteiger partial charge on any atom is -0.501 e. The van der Waals surface area contributed by atoms with Crippen LogP contribution in [0, 0.1) is 0 Å². The second kappa shape index (κ2) is 4.19. The fraction of sp³-hybridized carbons (Fsp3) is 0.400. The summed E-state index contributed by atoms with van der Waals surface area (Å²) in [4.78, 5) is 0. The maximum Gasteiger partial charge on any atom is 0.150 e. The van der Waals surface area contributed by atoms with Gasteiger partial charge in [-0.3, -0.25) is 0 Å². The zero-order chi connectivity index (χ0) is 9.97. The molecule has 0 fully saturated rings. The van der Waals surface area contributed by atoms with E-state index in [-0.39, 0.29) is 0 Å². The fourth-order valence-corrected chi connectivity index (χ4v) is 1.87. The summed E-state index contributed by atoms with van der Waals surface area (Å²) in [6.45, 7) is 0.732. The van der Waals surface area contributed by atoms with Crippen LogP contribution in [0.25, 0.3) is 0 Å². The number of aliphatic hydroxyl groups excluding tert-OH is 1. The first-order valence-corrected chi connectivity index (χ1v) is 5.30. The minimum atomic E-state index is -0.695. The van der Waals surface area contributed by atoms with Crippen LogP contribution in [0.15, 0.2) is 33.1 Å². The SMILES string of the molecule is OC(C1=COCCC1)c1occc1Br. The molecule has 1 aromatic heterocycles. The van der Waals surface area contributed by atoms with E-state index < -0.39 is 6.10 Å². The zero-order valence-corrected chi connectivity index (χ0v) is 9.16. The molecule has 14 heavy (non-hydrogen) atoms. The number of furan rings is 1. The molecule has 0 spiro atoms. The Bertz CT molecular complexity index is 343. The summed E-state index contributed by atoms with van der Waals surface area (Å²) in [5, 5.41) is 9.94. The lowest BCUT2D eigenvalue weighted by molar-refractivity contribution is 0.152. The molecule has 1 atom stereocenters. The number of halogens is 1. The number of hydrogen-bond donors (Lipinski definition) is 1. The maximum atomic E-state index is 9.94. The van der Waals surface area contributed by atoms with Crippen molar-refractivity contribution in [3.8, 4) is 0 Å². The van der Waals surface area contributed by atoms with E-state index in [9.17, 15) is 5.11 Å². The Hall–Kier alpha value is -0.740. The van der Waals surface area contributed by atoms with Gasteiger partial charge in [0.2, 0.25) is 0 Å². The molecular weight excluding hydrogens is 248 g/mol. The first-order chi connectivity index (χ1) is 6.79. The van der Waals surface area contributed by atoms with Gasteiger partial charge in [-0.15, -0.1) is 0 Å². The first kappa shape index (κ1) is 9.80. The lowest BCUT2D eigenvalue weighted by atomic mass is 10.0. The van der Waals surface area contributed by atoms with Crippen molar-refractivity contribution < 1.29 is 14.3 Å². The Morgan fingerprint density at radius 1 is 1.50 bits per heavy atom. The van der Waals surface area contributed by atoms with Gasteiger partial charge in [0.1, 0.15) is 6.10 Å². The van der Waals surface area contributed by atoms with Gasteiger partial charge >= 0.3 is 0 Å². The molecule has 76 valence electrons. The second-order valence-corrected chi connectivity index (χ2v) is 4.06. The van der Waals surface area contributed by atoms with Gasteiger partial charge in [-0.05, 0) is 34.8 Å². The summed E-state index contributed by atoms with van der Waals surface area (Å²) in [7, 11) is 0. The highest BCUT2D eigenvalue weighted by Gasteiger charge is 2.21. The molecule has 0 aliphatic carbocycles. The molecular formula is C10H11BrO3. The summed E-state index contributed by atoms with van der Waals surface area (Å²) >= 11 is 3.31. The molecule has 1 unspecified atom stereocenters. The largest absolute Gasteiger partial charge is 0.501 e. The number of aliphatic hydroxyl groups is 1. The molecule has 1 aromatic rings. The Labute approximate surface area is 90.5 Å². The predicted octanol–water partition coefficient (Wildman–Crippen LogP) is 2.77. The average Bonchev–Trinajstić information content (AvgIpc) is 2.65. The van der Waals surface area contributed by atoms with Crippen molar-refractivity contribution in [1.82, 2.24) is 0 Å². The molecule has 0 radical (unpaired) electrons. The van der Waals surface area contributed by atoms with E-state index in [1.54, 1.807) is 18.6 Å². The van der Waals surface area contributed by atoms with E-state index in [4.69, 9.17) is 9.15 Å². The Balaban J connectivity index is 2.19. The van der Waals surface area contributed by atoms with Crippen molar-refractivity contribution in [2.24, 2.45) is 0 Å². The molecule has 1 N–H and O–H groups in total. The van der Waals surface area contributed by atoms with Crippen molar-refractivity contribution in [2.75, 3.05) is 6.61 Å². The summed E-state index contributed by atoms with van der Waals surface area (Å²) in [5.41, 5.74) is 0.868. The molecule has 0 aromatic carbocycles. The Kier molecular flexibility index (Phi) is 2.93. The normalized spacial score (nSPS) is 18.6. The van der Waals surface area contributed by atoms with Crippen LogP contribution in [-0.2, 0) is 4.74 Å². The third kappa shape index (κ3) is 1.86. The lowest BCUT2D eigenvalue weighted by Gasteiger charge is -2.17. The van der Waals surface area contributed by atoms with E-state index in [1.807, 2.05) is 0 Å². The number of ether oxygens (including phenoxy) is 1. The molecule has 0 saturated carbocycles. The molecule has 1 aliphatic rings. The van der Waals surface area contributed by atoms with Gasteiger partial charge in [-0.1, -0.05) is 0 Å². The van der Waals surface area contributed by atoms with Gasteiger partial charge in [0.25, 0.3) is 0 Å². The van der Waals surface area contributed by atoms with Crippen LogP contribution in [0.5, 0.6) is 0 Å². The molecule has 4 heteroatoms. The molecule has 2 heterocycles. The number of rotatable bonds is 2. The third-order valence-corrected chi connectivity index (χ3v) is 2.86. The van der Waals surface area contributed by atoms with Crippen molar-refractivity contribution >= 4 is 15.9 Å². The lowest BCUT2D eigenvalue weighted by Crippen LogP contribution is -2.07. The van der Waals surface area contributed by atoms with Crippen molar-refractivity contribution in [2.45, 2.75) is 18.9 Å². The first-order valence-electron chi connectivity index (χ1n) is 4.50. The highest BCUT2D eigenvalue weighted by Crippen LogP contribution is 2.32. The van der Waals surface area contributed by atoms with Gasteiger partial charge in [0.05, 0.1) is 23.6 Å². The van der Waals surface area contributed by atoms with E-state index in [1.165, 1.54) is 0 Å². The summed E-state index contributed by atoms with van der Waals surface area (Å²) in [6, 6.07) is 1.77. The van der Waals surface area contributed by atoms with Crippen molar-refractivity contribution in [3.05, 3.63) is 34.4 Å². The van der Waals surface area contributed by atoms with Gasteiger partial charge in [0.15, 0.2) is 5.76 Å². The highest BCUT2D eigenvalue weighted by molar-refractivity contribution is 9.10. The third-order valence-electron chi connectivity index (χ3n) is 2.21. The standard InChI is InChI=1S/C10H11BrO3/c11-8-3-5-14-10(8)9(12)7-2-1-4-13-6-7/h3,5-6,9,12H,1-2,4H2. The van der Waals surface area contributed by atoms with Crippen molar-refractivity contribution in [1.29, 1.82) is 0 Å². The van der Waals surface area contributed by atoms with Crippen LogP contribution >= 0.6 is 15.9 Å². The van der Waals surface area contributed by atoms with E-state index >= 15 is 0 Å². The van der Waals surface area contributed by atoms with Crippen molar-refractivity contribution in [3.63, 3.8) is 0 Å². The quantitative estimate of drug-likeness (QED) is 0.887. The van der Waals surface area contributed by atoms with Crippen LogP contribution in [-0.4, -0.2) is 11.7 Å². The Morgan fingerprint density at radius 3 is 2.93 bits per heavy atom. The highest BCUT2D eigenvalue weighted by atomic mass is 79.9. The smallest absolute Gasteiger partial charge is 0.150 e. The predicted molar refractivity (Wildman–Crippen MR) is 54.6 cm³/mol. The second-order valence-electron chi connectivity index (χ2n) is 3.20. The zero-order valence-electron chi connectivity index (χ0n) is 7.57. The van der Waals surface area contributed by atoms with Gasteiger partial charge in [-0.25, -0.2) is 0 Å². The molecule has 0 amide bonds. The van der Waals surface area contributed by atoms with Crippen LogP contribution < -0.4 is 0 Å². The van der Waals surface area contributed by atoms with Crippen LogP contribution in [0.2, 0.25) is 0 Å². The van der Waals surface area contributed by atoms with Gasteiger partial charge in [0, 0.05) is 5.57 Å². The van der Waals surface area contributed by atoms with E-state index in [0.29, 0.717) is 5.76 Å². The van der Waals surface area contributed by atoms with Gasteiger partial charge in [-0.2, -0.15) is 0 Å². The molecule has 0 bridgehead atoms. The minimum absolute atomic E-state index is 0.543. The average molecular weight is 259 g/mol. The topological polar surface area (TPSA) is 42.6 Å². The molecule has 1 aliphatic heterocycles. The van der Waals surface area contributed by atoms with E-state index in [2.05, 4.69) is 15.9 Å². The molecule has 0 saturated heterocycles. The molecule has 3 nitrogen and oxygen atoms in total. The maximum absolute atomic E-state index is 9.94. The Morgan fingerprint density at radius 2 is 2.36 bits per heavy atom. The van der Waals surface area contributed by atoms with E-state index in [0.717, 1.165) is 29.5 Å². The van der Waals surface area contributed by atoms with Gasteiger partial charge < -0.3 is 14.3 Å². The monoisotopic (exact) mass is 258 g/mol. The molecule has 2 rings (SSSR count). The van der Waals surface area contributed by atoms with Crippen LogP contribution in [0.4, 0.5) is 0 Å². The van der Waals surface area contributed by atoms with Crippen LogP contribution in [0.1, 0.15) is 24.7 Å². The summed E-state index contributed by atoms with van der Waals surface area (Å²) < 4.78 is 11.1. The number of hydrogen-bond acceptors (Lipinski definition) is 3. The summed E-state index contributed by atoms with van der Waals surface area (Å²) in [5.74, 6) is 0.543. The van der Waals surface area contributed by atoms with Crippen LogP contribution in [0.3, 0.4) is 0 Å². The fourth-order valence-electron chi connectivity index (χ4n) is 1.45. The summed E-state index contributed by atoms with van der Waals surface area (Å²) in [6.07, 6.45) is 4.28.